The molecule has 1 rings (SSSR count). The van der Waals surface area contributed by atoms with E-state index in [4.69, 9.17) is 4.74 Å². The summed E-state index contributed by atoms with van der Waals surface area (Å²) in [6, 6.07) is -0.481. The molecule has 1 atom stereocenters. The van der Waals surface area contributed by atoms with Gasteiger partial charge in [-0.3, -0.25) is 4.79 Å². The van der Waals surface area contributed by atoms with E-state index in [0.717, 1.165) is 25.7 Å². The number of nitrogens with one attached hydrogen (secondary N) is 1. The summed E-state index contributed by atoms with van der Waals surface area (Å²) < 4.78 is 5.45. The van der Waals surface area contributed by atoms with Crippen LogP contribution in [0.3, 0.4) is 0 Å². The Morgan fingerprint density at radius 2 is 1.31 bits per heavy atom. The van der Waals surface area contributed by atoms with Gasteiger partial charge in [-0.15, -0.1) is 0 Å². The van der Waals surface area contributed by atoms with Gasteiger partial charge in [0.05, 0.1) is 6.61 Å². The van der Waals surface area contributed by atoms with E-state index in [1.807, 2.05) is 0 Å². The van der Waals surface area contributed by atoms with Gasteiger partial charge < -0.3 is 10.1 Å². The zero-order chi connectivity index (χ0) is 21.3. The molecule has 4 heteroatoms. The van der Waals surface area contributed by atoms with Crippen LogP contribution in [0.25, 0.3) is 0 Å². The highest BCUT2D eigenvalue weighted by atomic mass is 16.5. The summed E-state index contributed by atoms with van der Waals surface area (Å²) in [6.07, 6.45) is 19.5. The molecule has 1 N–H and O–H groups in total. The summed E-state index contributed by atoms with van der Waals surface area (Å²) in [5, 5.41) is 2.90. The molecule has 0 aromatic rings. The number of carbonyl (C=O) groups excluding carboxylic acids is 2. The summed E-state index contributed by atoms with van der Waals surface area (Å²) in [6.45, 7) is 6.87. The summed E-state index contributed by atoms with van der Waals surface area (Å²) in [4.78, 5) is 24.3. The second kappa shape index (κ2) is 16.7. The fraction of sp³-hybridized carbons (Fsp3) is 0.920. The van der Waals surface area contributed by atoms with Crippen LogP contribution in [0.1, 0.15) is 124 Å². The molecule has 29 heavy (non-hydrogen) atoms. The molecule has 0 radical (unpaired) electrons. The summed E-state index contributed by atoms with van der Waals surface area (Å²) in [7, 11) is 0. The second-order valence-corrected chi connectivity index (χ2v) is 9.38. The highest BCUT2D eigenvalue weighted by Crippen LogP contribution is 2.29. The van der Waals surface area contributed by atoms with E-state index in [2.05, 4.69) is 26.1 Å². The van der Waals surface area contributed by atoms with Gasteiger partial charge in [-0.25, -0.2) is 4.79 Å². The van der Waals surface area contributed by atoms with E-state index in [1.165, 1.54) is 70.6 Å². The maximum Gasteiger partial charge on any atom is 0.328 e. The van der Waals surface area contributed by atoms with E-state index in [1.54, 1.807) is 0 Å². The number of hydrogen-bond acceptors (Lipinski definition) is 3. The fourth-order valence-electron chi connectivity index (χ4n) is 3.71. The van der Waals surface area contributed by atoms with Crippen LogP contribution in [0, 0.1) is 11.8 Å². The van der Waals surface area contributed by atoms with Crippen molar-refractivity contribution >= 4 is 11.9 Å². The number of amides is 1. The minimum Gasteiger partial charge on any atom is -0.464 e. The maximum absolute atomic E-state index is 12.3. The van der Waals surface area contributed by atoms with Gasteiger partial charge in [-0.1, -0.05) is 97.8 Å². The van der Waals surface area contributed by atoms with Crippen molar-refractivity contribution < 1.29 is 14.3 Å². The molecule has 1 aliphatic rings. The molecule has 1 fully saturated rings. The number of esters is 1. The standard InChI is InChI=1S/C25H47NO3/c1-4-5-6-7-8-9-10-11-12-13-14-15-16-19-29-25(28)23(20-21(2)3)26-24(27)22-17-18-22/h21-23H,4-20H2,1-3H3,(H,26,27). The van der Waals surface area contributed by atoms with Gasteiger partial charge in [-0.05, 0) is 31.6 Å². The highest BCUT2D eigenvalue weighted by Gasteiger charge is 2.33. The van der Waals surface area contributed by atoms with Crippen LogP contribution in [-0.4, -0.2) is 24.5 Å². The van der Waals surface area contributed by atoms with E-state index in [9.17, 15) is 9.59 Å². The van der Waals surface area contributed by atoms with Gasteiger partial charge >= 0.3 is 5.97 Å². The first-order valence-electron chi connectivity index (χ1n) is 12.5. The molecule has 1 saturated carbocycles. The lowest BCUT2D eigenvalue weighted by Gasteiger charge is -2.19. The van der Waals surface area contributed by atoms with Crippen molar-refractivity contribution in [2.24, 2.45) is 11.8 Å². The Hall–Kier alpha value is -1.06. The number of unbranched alkanes of at least 4 members (excludes halogenated alkanes) is 12. The van der Waals surface area contributed by atoms with Gasteiger partial charge in [0, 0.05) is 5.92 Å². The van der Waals surface area contributed by atoms with Crippen LogP contribution >= 0.6 is 0 Å². The van der Waals surface area contributed by atoms with Gasteiger partial charge in [0.2, 0.25) is 5.91 Å². The number of ether oxygens (including phenoxy) is 1. The third-order valence-corrected chi connectivity index (χ3v) is 5.75. The first-order valence-corrected chi connectivity index (χ1v) is 12.5. The number of rotatable bonds is 19. The van der Waals surface area contributed by atoms with E-state index in [-0.39, 0.29) is 17.8 Å². The average Bonchev–Trinajstić information content (AvgIpc) is 3.52. The lowest BCUT2D eigenvalue weighted by atomic mass is 10.0. The molecule has 4 nitrogen and oxygen atoms in total. The fourth-order valence-corrected chi connectivity index (χ4v) is 3.71. The summed E-state index contributed by atoms with van der Waals surface area (Å²) in [5.74, 6) is 0.238. The molecule has 0 bridgehead atoms. The van der Waals surface area contributed by atoms with Crippen molar-refractivity contribution in [3.63, 3.8) is 0 Å². The molecule has 0 aromatic carbocycles. The van der Waals surface area contributed by atoms with Gasteiger partial charge in [0.15, 0.2) is 0 Å². The van der Waals surface area contributed by atoms with Crippen LogP contribution < -0.4 is 5.32 Å². The van der Waals surface area contributed by atoms with Crippen LogP contribution in [0.4, 0.5) is 0 Å². The van der Waals surface area contributed by atoms with Crippen LogP contribution in [-0.2, 0) is 14.3 Å². The topological polar surface area (TPSA) is 55.4 Å². The van der Waals surface area contributed by atoms with Crippen LogP contribution in [0.15, 0.2) is 0 Å². The van der Waals surface area contributed by atoms with Gasteiger partial charge in [0.25, 0.3) is 0 Å². The van der Waals surface area contributed by atoms with Crippen molar-refractivity contribution in [2.45, 2.75) is 130 Å². The second-order valence-electron chi connectivity index (χ2n) is 9.38. The third-order valence-electron chi connectivity index (χ3n) is 5.75. The number of carbonyl (C=O) groups is 2. The lowest BCUT2D eigenvalue weighted by molar-refractivity contribution is -0.148. The van der Waals surface area contributed by atoms with E-state index >= 15 is 0 Å². The lowest BCUT2D eigenvalue weighted by Crippen LogP contribution is -2.43. The third kappa shape index (κ3) is 14.5. The zero-order valence-electron chi connectivity index (χ0n) is 19.5. The molecular formula is C25H47NO3. The first-order chi connectivity index (χ1) is 14.0. The Morgan fingerprint density at radius 1 is 0.828 bits per heavy atom. The largest absolute Gasteiger partial charge is 0.464 e. The van der Waals surface area contributed by atoms with Crippen molar-refractivity contribution in [3.8, 4) is 0 Å². The van der Waals surface area contributed by atoms with E-state index < -0.39 is 6.04 Å². The minimum atomic E-state index is -0.481. The molecule has 0 aliphatic heterocycles. The number of hydrogen-bond donors (Lipinski definition) is 1. The Bertz CT molecular complexity index is 432. The predicted octanol–water partition coefficient (Wildman–Crippen LogP) is 6.56. The molecular weight excluding hydrogens is 362 g/mol. The zero-order valence-corrected chi connectivity index (χ0v) is 19.5. The maximum atomic E-state index is 12.3. The van der Waals surface area contributed by atoms with Crippen LogP contribution in [0.5, 0.6) is 0 Å². The highest BCUT2D eigenvalue weighted by molar-refractivity contribution is 5.86. The predicted molar refractivity (Wildman–Crippen MR) is 121 cm³/mol. The normalized spacial score (nSPS) is 14.8. The van der Waals surface area contributed by atoms with Crippen molar-refractivity contribution in [1.82, 2.24) is 5.32 Å². The Balaban J connectivity index is 1.96. The Kier molecular flexibility index (Phi) is 15.0. The van der Waals surface area contributed by atoms with Crippen molar-refractivity contribution in [1.29, 1.82) is 0 Å². The van der Waals surface area contributed by atoms with Crippen molar-refractivity contribution in [3.05, 3.63) is 0 Å². The SMILES string of the molecule is CCCCCCCCCCCCCCCOC(=O)C(CC(C)C)NC(=O)C1CC1. The van der Waals surface area contributed by atoms with Crippen LogP contribution in [0.2, 0.25) is 0 Å². The monoisotopic (exact) mass is 409 g/mol. The molecule has 0 spiro atoms. The summed E-state index contributed by atoms with van der Waals surface area (Å²) in [5.41, 5.74) is 0. The minimum absolute atomic E-state index is 0.0218. The molecule has 1 amide bonds. The molecule has 0 heterocycles. The van der Waals surface area contributed by atoms with E-state index in [0.29, 0.717) is 18.9 Å². The van der Waals surface area contributed by atoms with Crippen molar-refractivity contribution in [2.75, 3.05) is 6.61 Å². The Morgan fingerprint density at radius 3 is 1.76 bits per heavy atom. The summed E-state index contributed by atoms with van der Waals surface area (Å²) >= 11 is 0. The molecule has 1 unspecified atom stereocenters. The quantitative estimate of drug-likeness (QED) is 0.194. The van der Waals surface area contributed by atoms with Gasteiger partial charge in [-0.2, -0.15) is 0 Å². The average molecular weight is 410 g/mol. The molecule has 0 saturated heterocycles. The smallest absolute Gasteiger partial charge is 0.328 e. The molecule has 0 aromatic heterocycles. The molecule has 1 aliphatic carbocycles. The van der Waals surface area contributed by atoms with Gasteiger partial charge in [0.1, 0.15) is 6.04 Å². The first kappa shape index (κ1) is 26.0. The Labute approximate surface area is 179 Å². The molecule has 170 valence electrons.